The van der Waals surface area contributed by atoms with Gasteiger partial charge in [-0.3, -0.25) is 0 Å². The van der Waals surface area contributed by atoms with Crippen LogP contribution in [0.1, 0.15) is 22.6 Å². The third-order valence-electron chi connectivity index (χ3n) is 1.37. The molecule has 0 unspecified atom stereocenters. The van der Waals surface area contributed by atoms with Gasteiger partial charge in [0.1, 0.15) is 5.69 Å². The fraction of sp³-hybridized carbons (Fsp3) is 0.143. The molecule has 0 aliphatic carbocycles. The van der Waals surface area contributed by atoms with Gasteiger partial charge in [-0.25, -0.2) is 18.6 Å². The number of pyridine rings is 1. The number of hydrogen-bond donors (Lipinski definition) is 2. The molecule has 1 heterocycles. The summed E-state index contributed by atoms with van der Waals surface area (Å²) >= 11 is 0. The first-order valence-corrected chi connectivity index (χ1v) is 3.30. The Bertz CT molecular complexity index is 341. The van der Waals surface area contributed by atoms with Gasteiger partial charge in [0.25, 0.3) is 6.43 Å². The molecule has 0 amide bonds. The minimum atomic E-state index is -2.79. The third kappa shape index (κ3) is 1.90. The van der Waals surface area contributed by atoms with Gasteiger partial charge in [-0.1, -0.05) is 0 Å². The van der Waals surface area contributed by atoms with Gasteiger partial charge in [0.05, 0.1) is 5.69 Å². The summed E-state index contributed by atoms with van der Waals surface area (Å²) < 4.78 is 24.1. The molecule has 1 rings (SSSR count). The molecule has 6 heteroatoms. The van der Waals surface area contributed by atoms with Gasteiger partial charge in [-0.15, -0.1) is 0 Å². The second-order valence-corrected chi connectivity index (χ2v) is 2.28. The average molecular weight is 188 g/mol. The first kappa shape index (κ1) is 9.37. The first-order chi connectivity index (χ1) is 6.02. The van der Waals surface area contributed by atoms with Gasteiger partial charge in [-0.05, 0) is 12.1 Å². The number of halogens is 2. The Labute approximate surface area is 72.0 Å². The topological polar surface area (TPSA) is 76.2 Å². The van der Waals surface area contributed by atoms with Crippen LogP contribution in [-0.2, 0) is 0 Å². The molecule has 3 N–H and O–H groups in total. The highest BCUT2D eigenvalue weighted by atomic mass is 19.3. The summed E-state index contributed by atoms with van der Waals surface area (Å²) in [5, 5.41) is 8.48. The van der Waals surface area contributed by atoms with Crippen molar-refractivity contribution in [3.8, 4) is 0 Å². The van der Waals surface area contributed by atoms with E-state index in [1.807, 2.05) is 0 Å². The molecule has 70 valence electrons. The number of carbonyl (C=O) groups is 1. The molecular formula is C7H6F2N2O2. The molecular weight excluding hydrogens is 182 g/mol. The highest BCUT2D eigenvalue weighted by molar-refractivity contribution is 5.91. The largest absolute Gasteiger partial charge is 0.476 e. The van der Waals surface area contributed by atoms with E-state index in [0.717, 1.165) is 12.1 Å². The Morgan fingerprint density at radius 3 is 2.62 bits per heavy atom. The molecule has 0 aliphatic heterocycles. The number of aromatic carboxylic acids is 1. The minimum Gasteiger partial charge on any atom is -0.476 e. The zero-order chi connectivity index (χ0) is 10.0. The Morgan fingerprint density at radius 1 is 1.54 bits per heavy atom. The third-order valence-corrected chi connectivity index (χ3v) is 1.37. The van der Waals surface area contributed by atoms with E-state index in [4.69, 9.17) is 10.8 Å². The lowest BCUT2D eigenvalue weighted by Gasteiger charge is -2.02. The molecule has 0 aliphatic rings. The SMILES string of the molecule is Nc1ccc(C(F)F)nc1C(=O)O. The van der Waals surface area contributed by atoms with Crippen molar-refractivity contribution >= 4 is 11.7 Å². The smallest absolute Gasteiger partial charge is 0.356 e. The summed E-state index contributed by atoms with van der Waals surface area (Å²) in [6, 6.07) is 2.09. The molecule has 0 fully saturated rings. The highest BCUT2D eigenvalue weighted by Crippen LogP contribution is 2.19. The van der Waals surface area contributed by atoms with Gasteiger partial charge < -0.3 is 10.8 Å². The Balaban J connectivity index is 3.19. The van der Waals surface area contributed by atoms with Crippen LogP contribution in [0.25, 0.3) is 0 Å². The maximum Gasteiger partial charge on any atom is 0.356 e. The fourth-order valence-corrected chi connectivity index (χ4v) is 0.778. The van der Waals surface area contributed by atoms with Crippen molar-refractivity contribution in [1.29, 1.82) is 0 Å². The lowest BCUT2D eigenvalue weighted by molar-refractivity contribution is 0.0690. The fourth-order valence-electron chi connectivity index (χ4n) is 0.778. The summed E-state index contributed by atoms with van der Waals surface area (Å²) in [5.74, 6) is -1.42. The van der Waals surface area contributed by atoms with Crippen LogP contribution < -0.4 is 5.73 Å². The lowest BCUT2D eigenvalue weighted by Crippen LogP contribution is -2.07. The second-order valence-electron chi connectivity index (χ2n) is 2.28. The van der Waals surface area contributed by atoms with Gasteiger partial charge in [0, 0.05) is 0 Å². The number of aromatic nitrogens is 1. The van der Waals surface area contributed by atoms with Crippen LogP contribution in [0.3, 0.4) is 0 Å². The number of carboxylic acid groups (broad SMARTS) is 1. The van der Waals surface area contributed by atoms with E-state index in [9.17, 15) is 13.6 Å². The van der Waals surface area contributed by atoms with Crippen LogP contribution in [0.15, 0.2) is 12.1 Å². The molecule has 0 bridgehead atoms. The van der Waals surface area contributed by atoms with Gasteiger partial charge in [-0.2, -0.15) is 0 Å². The van der Waals surface area contributed by atoms with Gasteiger partial charge in [0.15, 0.2) is 5.69 Å². The minimum absolute atomic E-state index is 0.128. The molecule has 13 heavy (non-hydrogen) atoms. The summed E-state index contributed by atoms with van der Waals surface area (Å²) in [7, 11) is 0. The molecule has 1 aromatic rings. The van der Waals surface area contributed by atoms with E-state index >= 15 is 0 Å². The number of rotatable bonds is 2. The van der Waals surface area contributed by atoms with Crippen molar-refractivity contribution in [2.24, 2.45) is 0 Å². The predicted octanol–water partition coefficient (Wildman–Crippen LogP) is 1.30. The van der Waals surface area contributed by atoms with Crippen LogP contribution in [0.2, 0.25) is 0 Å². The first-order valence-electron chi connectivity index (χ1n) is 3.30. The summed E-state index contributed by atoms with van der Waals surface area (Å²) in [4.78, 5) is 13.6. The molecule has 1 aromatic heterocycles. The zero-order valence-corrected chi connectivity index (χ0v) is 6.37. The summed E-state index contributed by atoms with van der Waals surface area (Å²) in [6.45, 7) is 0. The number of nitrogen functional groups attached to an aromatic ring is 1. The Kier molecular flexibility index (Phi) is 2.41. The average Bonchev–Trinajstić information content (AvgIpc) is 2.04. The van der Waals surface area contributed by atoms with Crippen LogP contribution in [0, 0.1) is 0 Å². The van der Waals surface area contributed by atoms with Gasteiger partial charge >= 0.3 is 5.97 Å². The molecule has 0 saturated heterocycles. The predicted molar refractivity (Wildman–Crippen MR) is 40.6 cm³/mol. The molecule has 0 atom stereocenters. The normalized spacial score (nSPS) is 10.4. The van der Waals surface area contributed by atoms with Crippen molar-refractivity contribution in [1.82, 2.24) is 4.98 Å². The van der Waals surface area contributed by atoms with Gasteiger partial charge in [0.2, 0.25) is 0 Å². The Hall–Kier alpha value is -1.72. The monoisotopic (exact) mass is 188 g/mol. The maximum atomic E-state index is 12.0. The van der Waals surface area contributed by atoms with Crippen LogP contribution >= 0.6 is 0 Å². The standard InChI is InChI=1S/C7H6F2N2O2/c8-6(9)4-2-1-3(10)5(11-4)7(12)13/h1-2,6H,10H2,(H,12,13). The zero-order valence-electron chi connectivity index (χ0n) is 6.37. The van der Waals surface area contributed by atoms with Crippen molar-refractivity contribution in [3.05, 3.63) is 23.5 Å². The second kappa shape index (κ2) is 3.34. The van der Waals surface area contributed by atoms with E-state index in [1.165, 1.54) is 0 Å². The van der Waals surface area contributed by atoms with E-state index < -0.39 is 23.8 Å². The van der Waals surface area contributed by atoms with Crippen molar-refractivity contribution in [2.45, 2.75) is 6.43 Å². The van der Waals surface area contributed by atoms with E-state index in [0.29, 0.717) is 0 Å². The van der Waals surface area contributed by atoms with Crippen LogP contribution in [0.4, 0.5) is 14.5 Å². The summed E-state index contributed by atoms with van der Waals surface area (Å²) in [5.41, 5.74) is 3.94. The number of anilines is 1. The number of carboxylic acids is 1. The van der Waals surface area contributed by atoms with Crippen molar-refractivity contribution < 1.29 is 18.7 Å². The van der Waals surface area contributed by atoms with Crippen molar-refractivity contribution in [2.75, 3.05) is 5.73 Å². The molecule has 0 aromatic carbocycles. The quantitative estimate of drug-likeness (QED) is 0.733. The lowest BCUT2D eigenvalue weighted by atomic mass is 10.2. The van der Waals surface area contributed by atoms with Crippen LogP contribution in [-0.4, -0.2) is 16.1 Å². The molecule has 0 saturated carbocycles. The van der Waals surface area contributed by atoms with E-state index in [2.05, 4.69) is 4.98 Å². The number of nitrogens with two attached hydrogens (primary N) is 1. The van der Waals surface area contributed by atoms with Crippen LogP contribution in [0.5, 0.6) is 0 Å². The molecule has 0 spiro atoms. The highest BCUT2D eigenvalue weighted by Gasteiger charge is 2.15. The number of nitrogens with zero attached hydrogens (tertiary/aromatic N) is 1. The number of hydrogen-bond acceptors (Lipinski definition) is 3. The Morgan fingerprint density at radius 2 is 2.15 bits per heavy atom. The molecule has 4 nitrogen and oxygen atoms in total. The maximum absolute atomic E-state index is 12.0. The number of alkyl halides is 2. The summed E-state index contributed by atoms with van der Waals surface area (Å²) in [6.07, 6.45) is -2.79. The van der Waals surface area contributed by atoms with E-state index in [1.54, 1.807) is 0 Å². The van der Waals surface area contributed by atoms with Crippen molar-refractivity contribution in [3.63, 3.8) is 0 Å². The molecule has 0 radical (unpaired) electrons. The van der Waals surface area contributed by atoms with E-state index in [-0.39, 0.29) is 5.69 Å².